The number of aromatic nitrogens is 1. The van der Waals surface area contributed by atoms with Gasteiger partial charge in [-0.25, -0.2) is 0 Å². The van der Waals surface area contributed by atoms with Gasteiger partial charge in [0.1, 0.15) is 0 Å². The third-order valence-electron chi connectivity index (χ3n) is 2.65. The number of benzene rings is 1. The lowest BCUT2D eigenvalue weighted by atomic mass is 10.0. The molecule has 3 nitrogen and oxygen atoms in total. The summed E-state index contributed by atoms with van der Waals surface area (Å²) >= 11 is 0. The van der Waals surface area contributed by atoms with E-state index in [9.17, 15) is 0 Å². The Labute approximate surface area is 101 Å². The molecule has 0 spiro atoms. The molecule has 0 amide bonds. The van der Waals surface area contributed by atoms with Crippen molar-refractivity contribution in [1.82, 2.24) is 4.98 Å². The zero-order valence-electron chi connectivity index (χ0n) is 9.66. The van der Waals surface area contributed by atoms with Crippen molar-refractivity contribution in [2.45, 2.75) is 20.8 Å². The van der Waals surface area contributed by atoms with Crippen molar-refractivity contribution in [3.05, 3.63) is 35.0 Å². The summed E-state index contributed by atoms with van der Waals surface area (Å²) in [7, 11) is 0. The first-order valence-electron chi connectivity index (χ1n) is 4.97. The van der Waals surface area contributed by atoms with E-state index in [1.807, 2.05) is 13.0 Å². The fourth-order valence-electron chi connectivity index (χ4n) is 1.88. The summed E-state index contributed by atoms with van der Waals surface area (Å²) in [5.41, 5.74) is 8.06. The summed E-state index contributed by atoms with van der Waals surface area (Å²) in [6.07, 6.45) is 0. The second kappa shape index (κ2) is 4.68. The average Bonchev–Trinajstić information content (AvgIpc) is 2.22. The second-order valence-corrected chi connectivity index (χ2v) is 3.88. The highest BCUT2D eigenvalue weighted by Crippen LogP contribution is 2.27. The number of anilines is 1. The Bertz CT molecular complexity index is 523. The van der Waals surface area contributed by atoms with Crippen LogP contribution in [-0.2, 0) is 0 Å². The predicted octanol–water partition coefficient (Wildman–Crippen LogP) is 2.87. The first kappa shape index (κ1) is 12.7. The van der Waals surface area contributed by atoms with Gasteiger partial charge in [0.25, 0.3) is 0 Å². The van der Waals surface area contributed by atoms with E-state index in [-0.39, 0.29) is 12.4 Å². The van der Waals surface area contributed by atoms with Crippen LogP contribution in [0.5, 0.6) is 0 Å². The van der Waals surface area contributed by atoms with Crippen molar-refractivity contribution in [2.24, 2.45) is 5.84 Å². The van der Waals surface area contributed by atoms with Gasteiger partial charge in [0.2, 0.25) is 0 Å². The van der Waals surface area contributed by atoms with Crippen LogP contribution in [0.4, 0.5) is 5.69 Å². The van der Waals surface area contributed by atoms with Crippen molar-refractivity contribution in [1.29, 1.82) is 0 Å². The number of rotatable bonds is 1. The SMILES string of the molecule is Cc1cc(NN)c2c(C)ccc(C)c2n1.Cl. The first-order valence-corrected chi connectivity index (χ1v) is 4.97. The van der Waals surface area contributed by atoms with Crippen molar-refractivity contribution < 1.29 is 0 Å². The van der Waals surface area contributed by atoms with Gasteiger partial charge in [0.15, 0.2) is 0 Å². The molecule has 0 saturated carbocycles. The number of aryl methyl sites for hydroxylation is 3. The van der Waals surface area contributed by atoms with E-state index in [0.717, 1.165) is 22.3 Å². The molecule has 0 aliphatic rings. The van der Waals surface area contributed by atoms with Gasteiger partial charge in [-0.05, 0) is 38.0 Å². The zero-order valence-corrected chi connectivity index (χ0v) is 10.5. The summed E-state index contributed by atoms with van der Waals surface area (Å²) in [4.78, 5) is 4.55. The van der Waals surface area contributed by atoms with E-state index in [1.165, 1.54) is 11.1 Å². The van der Waals surface area contributed by atoms with Gasteiger partial charge in [0.05, 0.1) is 11.2 Å². The molecule has 3 N–H and O–H groups in total. The maximum Gasteiger partial charge on any atom is 0.0758 e. The maximum absolute atomic E-state index is 5.53. The van der Waals surface area contributed by atoms with Gasteiger partial charge in [-0.15, -0.1) is 12.4 Å². The molecular weight excluding hydrogens is 222 g/mol. The first-order chi connectivity index (χ1) is 7.13. The number of pyridine rings is 1. The topological polar surface area (TPSA) is 50.9 Å². The van der Waals surface area contributed by atoms with Crippen molar-refractivity contribution in [3.8, 4) is 0 Å². The minimum absolute atomic E-state index is 0. The molecule has 1 aromatic carbocycles. The van der Waals surface area contributed by atoms with Gasteiger partial charge in [-0.3, -0.25) is 10.8 Å². The number of hydrogen-bond donors (Lipinski definition) is 2. The van der Waals surface area contributed by atoms with Gasteiger partial charge in [-0.2, -0.15) is 0 Å². The number of nitrogen functional groups attached to an aromatic ring is 1. The summed E-state index contributed by atoms with van der Waals surface area (Å²) in [6, 6.07) is 6.15. The molecule has 0 radical (unpaired) electrons. The Morgan fingerprint density at radius 3 is 2.38 bits per heavy atom. The molecule has 2 rings (SSSR count). The fraction of sp³-hybridized carbons (Fsp3) is 0.250. The Morgan fingerprint density at radius 2 is 1.75 bits per heavy atom. The van der Waals surface area contributed by atoms with Gasteiger partial charge in [-0.1, -0.05) is 12.1 Å². The molecular formula is C12H16ClN3. The largest absolute Gasteiger partial charge is 0.323 e. The average molecular weight is 238 g/mol. The zero-order chi connectivity index (χ0) is 11.0. The van der Waals surface area contributed by atoms with Crippen LogP contribution in [0, 0.1) is 20.8 Å². The molecule has 0 saturated heterocycles. The lowest BCUT2D eigenvalue weighted by Gasteiger charge is -2.11. The molecule has 16 heavy (non-hydrogen) atoms. The summed E-state index contributed by atoms with van der Waals surface area (Å²) < 4.78 is 0. The Kier molecular flexibility index (Phi) is 3.73. The molecule has 1 aromatic heterocycles. The predicted molar refractivity (Wildman–Crippen MR) is 71.0 cm³/mol. The van der Waals surface area contributed by atoms with Crippen LogP contribution in [0.2, 0.25) is 0 Å². The molecule has 86 valence electrons. The van der Waals surface area contributed by atoms with Crippen LogP contribution in [0.25, 0.3) is 10.9 Å². The van der Waals surface area contributed by atoms with Crippen LogP contribution in [0.15, 0.2) is 18.2 Å². The standard InChI is InChI=1S/C12H15N3.ClH/c1-7-4-5-8(2)12-11(7)10(15-13)6-9(3)14-12;/h4-6H,13H2,1-3H3,(H,14,15);1H. The van der Waals surface area contributed by atoms with E-state index in [4.69, 9.17) is 5.84 Å². The number of hydrogen-bond acceptors (Lipinski definition) is 3. The molecule has 2 aromatic rings. The third-order valence-corrected chi connectivity index (χ3v) is 2.65. The number of halogens is 1. The molecule has 1 heterocycles. The number of nitrogens with two attached hydrogens (primary N) is 1. The highest BCUT2D eigenvalue weighted by molar-refractivity contribution is 5.95. The maximum atomic E-state index is 5.53. The van der Waals surface area contributed by atoms with Crippen LogP contribution in [0.3, 0.4) is 0 Å². The van der Waals surface area contributed by atoms with Gasteiger partial charge >= 0.3 is 0 Å². The molecule has 0 fully saturated rings. The van der Waals surface area contributed by atoms with E-state index < -0.39 is 0 Å². The molecule has 0 aliphatic heterocycles. The molecule has 0 aliphatic carbocycles. The summed E-state index contributed by atoms with van der Waals surface area (Å²) in [6.45, 7) is 6.11. The lowest BCUT2D eigenvalue weighted by Crippen LogP contribution is -2.08. The number of nitrogens with zero attached hydrogens (tertiary/aromatic N) is 1. The van der Waals surface area contributed by atoms with Crippen LogP contribution >= 0.6 is 12.4 Å². The van der Waals surface area contributed by atoms with Gasteiger partial charge < -0.3 is 5.43 Å². The Balaban J connectivity index is 0.00000128. The lowest BCUT2D eigenvalue weighted by molar-refractivity contribution is 1.22. The second-order valence-electron chi connectivity index (χ2n) is 3.88. The number of nitrogens with one attached hydrogen (secondary N) is 1. The quantitative estimate of drug-likeness (QED) is 0.592. The fourth-order valence-corrected chi connectivity index (χ4v) is 1.88. The van der Waals surface area contributed by atoms with E-state index in [1.54, 1.807) is 0 Å². The molecule has 0 atom stereocenters. The van der Waals surface area contributed by atoms with E-state index in [2.05, 4.69) is 36.4 Å². The monoisotopic (exact) mass is 237 g/mol. The summed E-state index contributed by atoms with van der Waals surface area (Å²) in [5, 5.41) is 1.11. The molecule has 4 heteroatoms. The van der Waals surface area contributed by atoms with E-state index in [0.29, 0.717) is 0 Å². The number of hydrazine groups is 1. The normalized spacial score (nSPS) is 10.0. The Hall–Kier alpha value is -1.32. The highest BCUT2D eigenvalue weighted by atomic mass is 35.5. The van der Waals surface area contributed by atoms with Crippen molar-refractivity contribution in [3.63, 3.8) is 0 Å². The van der Waals surface area contributed by atoms with Crippen molar-refractivity contribution >= 4 is 29.0 Å². The minimum atomic E-state index is 0. The summed E-state index contributed by atoms with van der Waals surface area (Å²) in [5.74, 6) is 5.53. The molecule has 0 bridgehead atoms. The minimum Gasteiger partial charge on any atom is -0.323 e. The number of fused-ring (bicyclic) bond motifs is 1. The van der Waals surface area contributed by atoms with E-state index >= 15 is 0 Å². The van der Waals surface area contributed by atoms with Crippen LogP contribution in [0.1, 0.15) is 16.8 Å². The van der Waals surface area contributed by atoms with Crippen molar-refractivity contribution in [2.75, 3.05) is 5.43 Å². The van der Waals surface area contributed by atoms with Gasteiger partial charge in [0, 0.05) is 11.1 Å². The van der Waals surface area contributed by atoms with Crippen LogP contribution in [-0.4, -0.2) is 4.98 Å². The molecule has 0 unspecified atom stereocenters. The third kappa shape index (κ3) is 1.96. The van der Waals surface area contributed by atoms with Crippen LogP contribution < -0.4 is 11.3 Å². The smallest absolute Gasteiger partial charge is 0.0758 e. The highest BCUT2D eigenvalue weighted by Gasteiger charge is 2.07. The Morgan fingerprint density at radius 1 is 1.12 bits per heavy atom.